The molecule has 1 aliphatic rings. The van der Waals surface area contributed by atoms with Gasteiger partial charge >= 0.3 is 5.63 Å². The molecule has 0 aliphatic carbocycles. The van der Waals surface area contributed by atoms with Gasteiger partial charge in [0.1, 0.15) is 41.0 Å². The number of aromatic nitrogens is 1. The molecule has 4 atom stereocenters. The maximum Gasteiger partial charge on any atom is 0.360 e. The highest BCUT2D eigenvalue weighted by Crippen LogP contribution is 2.35. The number of methoxy groups -OCH3 is 1. The van der Waals surface area contributed by atoms with Gasteiger partial charge in [0.15, 0.2) is 0 Å². The van der Waals surface area contributed by atoms with Gasteiger partial charge in [0.2, 0.25) is 6.29 Å². The van der Waals surface area contributed by atoms with Crippen molar-refractivity contribution in [3.05, 3.63) is 70.2 Å². The van der Waals surface area contributed by atoms with Gasteiger partial charge in [0.25, 0.3) is 5.91 Å². The molecular weight excluding hydrogens is 480 g/mol. The van der Waals surface area contributed by atoms with E-state index in [1.807, 2.05) is 24.3 Å². The van der Waals surface area contributed by atoms with Crippen molar-refractivity contribution in [3.8, 4) is 5.75 Å². The fraction of sp³-hybridized carbons (Fsp3) is 0.333. The SMILES string of the molecule is CO[C@@H]1[C@@H](O)[C@@H](O)[C@H](Oc2ccc3cc(NC(=O)c4cc5ccccc5[nH]4)c(=O)oc3c2C)OC1(C)C. The molecule has 4 aromatic rings. The summed E-state index contributed by atoms with van der Waals surface area (Å²) in [6, 6.07) is 14.0. The third-order valence-corrected chi connectivity index (χ3v) is 6.67. The number of aryl methyl sites for hydroxylation is 1. The minimum Gasteiger partial charge on any atom is -0.462 e. The lowest BCUT2D eigenvalue weighted by molar-refractivity contribution is -0.306. The van der Waals surface area contributed by atoms with Crippen molar-refractivity contribution in [2.75, 3.05) is 12.4 Å². The van der Waals surface area contributed by atoms with E-state index in [0.717, 1.165) is 10.9 Å². The maximum atomic E-state index is 12.8. The number of H-pyrrole nitrogens is 1. The molecule has 1 fully saturated rings. The Morgan fingerprint density at radius 3 is 2.57 bits per heavy atom. The molecule has 0 spiro atoms. The van der Waals surface area contributed by atoms with Crippen molar-refractivity contribution in [1.29, 1.82) is 0 Å². The number of rotatable bonds is 5. The van der Waals surface area contributed by atoms with E-state index in [9.17, 15) is 19.8 Å². The number of ether oxygens (including phenoxy) is 3. The molecule has 3 heterocycles. The number of para-hydroxylation sites is 1. The van der Waals surface area contributed by atoms with Gasteiger partial charge in [-0.15, -0.1) is 0 Å². The second-order valence-electron chi connectivity index (χ2n) is 9.62. The first-order valence-corrected chi connectivity index (χ1v) is 11.8. The van der Waals surface area contributed by atoms with E-state index < -0.39 is 41.7 Å². The van der Waals surface area contributed by atoms with E-state index in [1.54, 1.807) is 39.0 Å². The molecule has 2 aromatic carbocycles. The Balaban J connectivity index is 1.40. The highest BCUT2D eigenvalue weighted by Gasteiger charge is 2.50. The highest BCUT2D eigenvalue weighted by molar-refractivity contribution is 6.06. The van der Waals surface area contributed by atoms with Crippen molar-refractivity contribution < 1.29 is 33.6 Å². The fourth-order valence-corrected chi connectivity index (χ4v) is 4.74. The van der Waals surface area contributed by atoms with Crippen molar-refractivity contribution in [3.63, 3.8) is 0 Å². The first-order valence-electron chi connectivity index (χ1n) is 11.8. The van der Waals surface area contributed by atoms with Crippen LogP contribution in [0.3, 0.4) is 0 Å². The summed E-state index contributed by atoms with van der Waals surface area (Å²) in [7, 11) is 1.43. The Morgan fingerprint density at radius 1 is 1.08 bits per heavy atom. The van der Waals surface area contributed by atoms with Crippen LogP contribution in [-0.2, 0) is 9.47 Å². The van der Waals surface area contributed by atoms with Gasteiger partial charge in [-0.25, -0.2) is 4.79 Å². The number of hydrogen-bond donors (Lipinski definition) is 4. The zero-order valence-electron chi connectivity index (χ0n) is 20.8. The molecule has 0 bridgehead atoms. The molecule has 4 N–H and O–H groups in total. The van der Waals surface area contributed by atoms with Gasteiger partial charge in [-0.1, -0.05) is 18.2 Å². The molecule has 1 amide bonds. The molecule has 0 saturated carbocycles. The predicted molar refractivity (Wildman–Crippen MR) is 136 cm³/mol. The summed E-state index contributed by atoms with van der Waals surface area (Å²) in [6.45, 7) is 5.15. The monoisotopic (exact) mass is 508 g/mol. The Kier molecular flexibility index (Phi) is 6.28. The number of aliphatic hydroxyl groups excluding tert-OH is 2. The first kappa shape index (κ1) is 25.0. The van der Waals surface area contributed by atoms with Crippen LogP contribution in [0.5, 0.6) is 5.75 Å². The van der Waals surface area contributed by atoms with Crippen LogP contribution in [0.4, 0.5) is 5.69 Å². The summed E-state index contributed by atoms with van der Waals surface area (Å²) in [5.41, 5.74) is 0.185. The quantitative estimate of drug-likeness (QED) is 0.301. The lowest BCUT2D eigenvalue weighted by Crippen LogP contribution is -2.63. The number of benzene rings is 2. The third kappa shape index (κ3) is 4.49. The van der Waals surface area contributed by atoms with Gasteiger partial charge in [-0.3, -0.25) is 4.79 Å². The summed E-state index contributed by atoms with van der Waals surface area (Å²) in [6.07, 6.45) is -4.55. The second-order valence-corrected chi connectivity index (χ2v) is 9.62. The molecule has 10 nitrogen and oxygen atoms in total. The van der Waals surface area contributed by atoms with Crippen LogP contribution in [0.2, 0.25) is 0 Å². The van der Waals surface area contributed by atoms with Crippen molar-refractivity contribution in [1.82, 2.24) is 4.98 Å². The number of fused-ring (bicyclic) bond motifs is 2. The number of nitrogens with one attached hydrogen (secondary N) is 2. The van der Waals surface area contributed by atoms with Crippen LogP contribution in [0.15, 0.2) is 57.7 Å². The summed E-state index contributed by atoms with van der Waals surface area (Å²) in [5, 5.41) is 25.1. The minimum atomic E-state index is -1.37. The number of aromatic amines is 1. The number of amides is 1. The molecule has 10 heteroatoms. The first-order chi connectivity index (χ1) is 17.6. The Bertz CT molecular complexity index is 1510. The van der Waals surface area contributed by atoms with Gasteiger partial charge in [-0.2, -0.15) is 0 Å². The maximum absolute atomic E-state index is 12.8. The highest BCUT2D eigenvalue weighted by atomic mass is 16.7. The summed E-state index contributed by atoms with van der Waals surface area (Å²) < 4.78 is 22.6. The molecule has 1 aliphatic heterocycles. The Hall–Kier alpha value is -3.70. The molecule has 194 valence electrons. The third-order valence-electron chi connectivity index (χ3n) is 6.67. The zero-order valence-corrected chi connectivity index (χ0v) is 20.8. The van der Waals surface area contributed by atoms with Gasteiger partial charge < -0.3 is 39.1 Å². The normalized spacial score (nSPS) is 23.3. The van der Waals surface area contributed by atoms with E-state index in [2.05, 4.69) is 10.3 Å². The summed E-state index contributed by atoms with van der Waals surface area (Å²) in [4.78, 5) is 28.5. The topological polar surface area (TPSA) is 143 Å². The number of hydrogen-bond acceptors (Lipinski definition) is 8. The largest absolute Gasteiger partial charge is 0.462 e. The number of carbonyl (C=O) groups excluding carboxylic acids is 1. The fourth-order valence-electron chi connectivity index (χ4n) is 4.74. The van der Waals surface area contributed by atoms with E-state index in [-0.39, 0.29) is 11.3 Å². The smallest absolute Gasteiger partial charge is 0.360 e. The molecule has 0 unspecified atom stereocenters. The molecular formula is C27H28N2O8. The van der Waals surface area contributed by atoms with Crippen molar-refractivity contribution in [2.45, 2.75) is 51.0 Å². The minimum absolute atomic E-state index is 0.00857. The van der Waals surface area contributed by atoms with E-state index in [0.29, 0.717) is 22.4 Å². The number of carbonyl (C=O) groups is 1. The van der Waals surface area contributed by atoms with E-state index >= 15 is 0 Å². The van der Waals surface area contributed by atoms with Crippen LogP contribution >= 0.6 is 0 Å². The zero-order chi connectivity index (χ0) is 26.5. The molecule has 1 saturated heterocycles. The summed E-state index contributed by atoms with van der Waals surface area (Å²) >= 11 is 0. The van der Waals surface area contributed by atoms with Crippen molar-refractivity contribution in [2.24, 2.45) is 0 Å². The number of anilines is 1. The second kappa shape index (κ2) is 9.31. The Labute approximate surface area is 211 Å². The van der Waals surface area contributed by atoms with Gasteiger partial charge in [0, 0.05) is 29.0 Å². The van der Waals surface area contributed by atoms with Crippen LogP contribution in [0, 0.1) is 6.92 Å². The average molecular weight is 509 g/mol. The lowest BCUT2D eigenvalue weighted by atomic mass is 9.89. The van der Waals surface area contributed by atoms with Crippen LogP contribution in [0.25, 0.3) is 21.9 Å². The van der Waals surface area contributed by atoms with Gasteiger partial charge in [0.05, 0.1) is 5.60 Å². The molecule has 0 radical (unpaired) electrons. The average Bonchev–Trinajstić information content (AvgIpc) is 3.30. The van der Waals surface area contributed by atoms with E-state index in [4.69, 9.17) is 18.6 Å². The predicted octanol–water partition coefficient (Wildman–Crippen LogP) is 3.09. The molecule has 2 aromatic heterocycles. The van der Waals surface area contributed by atoms with Crippen LogP contribution in [-0.4, -0.2) is 58.4 Å². The molecule has 37 heavy (non-hydrogen) atoms. The van der Waals surface area contributed by atoms with Crippen LogP contribution in [0.1, 0.15) is 29.9 Å². The Morgan fingerprint density at radius 2 is 1.84 bits per heavy atom. The van der Waals surface area contributed by atoms with Gasteiger partial charge in [-0.05, 0) is 51.1 Å². The molecule has 5 rings (SSSR count). The van der Waals surface area contributed by atoms with Crippen molar-refractivity contribution >= 4 is 33.5 Å². The standard InChI is InChI=1S/C27H28N2O8/c1-13-19(35-26-21(31)20(30)23(34-4)27(2,3)37-26)10-9-15-12-18(25(33)36-22(13)15)29-24(32)17-11-14-7-5-6-8-16(14)28-17/h5-12,20-21,23,26,28,30-31H,1-4H3,(H,29,32)/t20-,21+,23+,26+/m0/s1. The number of aliphatic hydroxyl groups is 2. The summed E-state index contributed by atoms with van der Waals surface area (Å²) in [5.74, 6) is -0.174. The van der Waals surface area contributed by atoms with Crippen LogP contribution < -0.4 is 15.7 Å². The van der Waals surface area contributed by atoms with E-state index in [1.165, 1.54) is 13.2 Å². The lowest BCUT2D eigenvalue weighted by Gasteiger charge is -2.46.